The zero-order valence-corrected chi connectivity index (χ0v) is 8.12. The van der Waals surface area contributed by atoms with Gasteiger partial charge in [0, 0.05) is 20.1 Å². The minimum atomic E-state index is 0.515. The highest BCUT2D eigenvalue weighted by molar-refractivity contribution is 6.30. The number of hydrogen-bond acceptors (Lipinski definition) is 4. The largest absolute Gasteiger partial charge is 0.338 e. The number of likely N-dealkylation sites (N-methyl/N-ethyl adjacent to an activating group) is 1. The Bertz CT molecular complexity index is 283. The SMILES string of the molecule is CN(c1ncc(Cl)cn1)C1CNC1. The van der Waals surface area contributed by atoms with Crippen LogP contribution in [0.4, 0.5) is 5.95 Å². The van der Waals surface area contributed by atoms with Gasteiger partial charge in [0.25, 0.3) is 0 Å². The van der Waals surface area contributed by atoms with Gasteiger partial charge in [-0.15, -0.1) is 0 Å². The van der Waals surface area contributed by atoms with Crippen LogP contribution >= 0.6 is 11.6 Å². The van der Waals surface area contributed by atoms with E-state index in [2.05, 4.69) is 20.2 Å². The average Bonchev–Trinajstić information content (AvgIpc) is 2.02. The lowest BCUT2D eigenvalue weighted by Gasteiger charge is -2.35. The van der Waals surface area contributed by atoms with Crippen LogP contribution in [-0.2, 0) is 0 Å². The molecule has 1 aliphatic rings. The maximum absolute atomic E-state index is 5.69. The van der Waals surface area contributed by atoms with E-state index in [0.717, 1.165) is 19.0 Å². The van der Waals surface area contributed by atoms with Gasteiger partial charge in [0.2, 0.25) is 5.95 Å². The van der Waals surface area contributed by atoms with Crippen molar-refractivity contribution in [3.05, 3.63) is 17.4 Å². The Labute approximate surface area is 81.9 Å². The summed E-state index contributed by atoms with van der Waals surface area (Å²) < 4.78 is 0. The minimum absolute atomic E-state index is 0.515. The van der Waals surface area contributed by atoms with Crippen molar-refractivity contribution in [3.8, 4) is 0 Å². The molecule has 2 heterocycles. The van der Waals surface area contributed by atoms with Crippen molar-refractivity contribution in [1.29, 1.82) is 0 Å². The van der Waals surface area contributed by atoms with Crippen LogP contribution in [0, 0.1) is 0 Å². The Balaban J connectivity index is 2.10. The highest BCUT2D eigenvalue weighted by Crippen LogP contribution is 2.12. The molecular formula is C8H11ClN4. The van der Waals surface area contributed by atoms with Gasteiger partial charge in [-0.3, -0.25) is 0 Å². The Morgan fingerprint density at radius 1 is 1.46 bits per heavy atom. The Kier molecular flexibility index (Phi) is 2.33. The number of rotatable bonds is 2. The third-order valence-electron chi connectivity index (χ3n) is 2.23. The molecule has 5 heteroatoms. The highest BCUT2D eigenvalue weighted by atomic mass is 35.5. The lowest BCUT2D eigenvalue weighted by Crippen LogP contribution is -2.56. The normalized spacial score (nSPS) is 16.8. The molecule has 0 amide bonds. The van der Waals surface area contributed by atoms with Crippen LogP contribution in [0.15, 0.2) is 12.4 Å². The van der Waals surface area contributed by atoms with Gasteiger partial charge in [-0.1, -0.05) is 11.6 Å². The van der Waals surface area contributed by atoms with Gasteiger partial charge in [0.15, 0.2) is 0 Å². The molecule has 70 valence electrons. The second-order valence-corrected chi connectivity index (χ2v) is 3.56. The molecule has 1 aromatic rings. The maximum Gasteiger partial charge on any atom is 0.225 e. The first-order valence-corrected chi connectivity index (χ1v) is 4.56. The minimum Gasteiger partial charge on any atom is -0.338 e. The molecule has 1 saturated heterocycles. The summed E-state index contributed by atoms with van der Waals surface area (Å²) in [5.41, 5.74) is 0. The van der Waals surface area contributed by atoms with Crippen molar-refractivity contribution in [2.45, 2.75) is 6.04 Å². The molecule has 2 rings (SSSR count). The van der Waals surface area contributed by atoms with E-state index in [0.29, 0.717) is 11.1 Å². The Morgan fingerprint density at radius 3 is 2.54 bits per heavy atom. The molecule has 0 aliphatic carbocycles. The fourth-order valence-electron chi connectivity index (χ4n) is 1.20. The number of nitrogens with zero attached hydrogens (tertiary/aromatic N) is 3. The molecule has 1 aromatic heterocycles. The van der Waals surface area contributed by atoms with Gasteiger partial charge < -0.3 is 10.2 Å². The van der Waals surface area contributed by atoms with Crippen LogP contribution in [0.25, 0.3) is 0 Å². The molecule has 13 heavy (non-hydrogen) atoms. The standard InChI is InChI=1S/C8H11ClN4/c1-13(7-4-10-5-7)8-11-2-6(9)3-12-8/h2-3,7,10H,4-5H2,1H3. The van der Waals surface area contributed by atoms with Gasteiger partial charge in [0.05, 0.1) is 23.5 Å². The first kappa shape index (κ1) is 8.72. The third kappa shape index (κ3) is 1.73. The van der Waals surface area contributed by atoms with E-state index in [1.54, 1.807) is 12.4 Å². The molecule has 4 nitrogen and oxygen atoms in total. The fraction of sp³-hybridized carbons (Fsp3) is 0.500. The summed E-state index contributed by atoms with van der Waals surface area (Å²) in [5, 5.41) is 3.77. The summed E-state index contributed by atoms with van der Waals surface area (Å²) in [6, 6.07) is 0.515. The molecule has 0 radical (unpaired) electrons. The lowest BCUT2D eigenvalue weighted by molar-refractivity contribution is 0.424. The quantitative estimate of drug-likeness (QED) is 0.753. The maximum atomic E-state index is 5.69. The Morgan fingerprint density at radius 2 is 2.08 bits per heavy atom. The molecule has 0 unspecified atom stereocenters. The van der Waals surface area contributed by atoms with Crippen LogP contribution in [0.5, 0.6) is 0 Å². The van der Waals surface area contributed by atoms with Gasteiger partial charge in [0.1, 0.15) is 0 Å². The van der Waals surface area contributed by atoms with E-state index in [1.807, 2.05) is 7.05 Å². The summed E-state index contributed by atoms with van der Waals surface area (Å²) >= 11 is 5.69. The van der Waals surface area contributed by atoms with Crippen molar-refractivity contribution in [1.82, 2.24) is 15.3 Å². The van der Waals surface area contributed by atoms with E-state index in [4.69, 9.17) is 11.6 Å². The number of nitrogens with one attached hydrogen (secondary N) is 1. The van der Waals surface area contributed by atoms with Crippen molar-refractivity contribution in [2.75, 3.05) is 25.0 Å². The van der Waals surface area contributed by atoms with Gasteiger partial charge >= 0.3 is 0 Å². The zero-order chi connectivity index (χ0) is 9.26. The van der Waals surface area contributed by atoms with Crippen LogP contribution in [0.3, 0.4) is 0 Å². The number of aromatic nitrogens is 2. The van der Waals surface area contributed by atoms with E-state index >= 15 is 0 Å². The number of hydrogen-bond donors (Lipinski definition) is 1. The van der Waals surface area contributed by atoms with E-state index in [-0.39, 0.29) is 0 Å². The molecule has 1 N–H and O–H groups in total. The van der Waals surface area contributed by atoms with Crippen LogP contribution < -0.4 is 10.2 Å². The first-order chi connectivity index (χ1) is 6.27. The first-order valence-electron chi connectivity index (χ1n) is 4.18. The second kappa shape index (κ2) is 3.47. The van der Waals surface area contributed by atoms with Crippen LogP contribution in [0.2, 0.25) is 5.02 Å². The zero-order valence-electron chi connectivity index (χ0n) is 7.37. The van der Waals surface area contributed by atoms with Gasteiger partial charge in [-0.2, -0.15) is 0 Å². The topological polar surface area (TPSA) is 41.1 Å². The molecular weight excluding hydrogens is 188 g/mol. The fourth-order valence-corrected chi connectivity index (χ4v) is 1.30. The smallest absolute Gasteiger partial charge is 0.225 e. The molecule has 0 bridgehead atoms. The van der Waals surface area contributed by atoms with E-state index in [1.165, 1.54) is 0 Å². The van der Waals surface area contributed by atoms with Gasteiger partial charge in [-0.25, -0.2) is 9.97 Å². The summed E-state index contributed by atoms with van der Waals surface area (Å²) in [5.74, 6) is 0.732. The van der Waals surface area contributed by atoms with Gasteiger partial charge in [-0.05, 0) is 0 Å². The Hall–Kier alpha value is -0.870. The van der Waals surface area contributed by atoms with E-state index < -0.39 is 0 Å². The molecule has 0 saturated carbocycles. The summed E-state index contributed by atoms with van der Waals surface area (Å²) in [4.78, 5) is 10.3. The summed E-state index contributed by atoms with van der Waals surface area (Å²) in [7, 11) is 1.99. The summed E-state index contributed by atoms with van der Waals surface area (Å²) in [6.45, 7) is 2.00. The van der Waals surface area contributed by atoms with Crippen LogP contribution in [-0.4, -0.2) is 36.1 Å². The van der Waals surface area contributed by atoms with Crippen molar-refractivity contribution >= 4 is 17.5 Å². The number of anilines is 1. The average molecular weight is 199 g/mol. The second-order valence-electron chi connectivity index (χ2n) is 3.12. The number of halogens is 1. The predicted octanol–water partition coefficient (Wildman–Crippen LogP) is 0.538. The van der Waals surface area contributed by atoms with Crippen molar-refractivity contribution < 1.29 is 0 Å². The lowest BCUT2D eigenvalue weighted by atomic mass is 10.1. The highest BCUT2D eigenvalue weighted by Gasteiger charge is 2.22. The van der Waals surface area contributed by atoms with Crippen molar-refractivity contribution in [3.63, 3.8) is 0 Å². The monoisotopic (exact) mass is 198 g/mol. The summed E-state index contributed by atoms with van der Waals surface area (Å²) in [6.07, 6.45) is 3.24. The molecule has 0 spiro atoms. The molecule has 0 atom stereocenters. The van der Waals surface area contributed by atoms with E-state index in [9.17, 15) is 0 Å². The molecule has 0 aromatic carbocycles. The van der Waals surface area contributed by atoms with Crippen LogP contribution in [0.1, 0.15) is 0 Å². The molecule has 1 fully saturated rings. The molecule has 1 aliphatic heterocycles. The van der Waals surface area contributed by atoms with Crippen molar-refractivity contribution in [2.24, 2.45) is 0 Å². The third-order valence-corrected chi connectivity index (χ3v) is 2.42. The predicted molar refractivity (Wildman–Crippen MR) is 52.1 cm³/mol.